The zero-order valence-electron chi connectivity index (χ0n) is 14.7. The summed E-state index contributed by atoms with van der Waals surface area (Å²) in [7, 11) is 0. The summed E-state index contributed by atoms with van der Waals surface area (Å²) in [5.41, 5.74) is 0.608. The van der Waals surface area contributed by atoms with E-state index in [0.29, 0.717) is 29.0 Å². The maximum atomic E-state index is 13.2. The fourth-order valence-electron chi connectivity index (χ4n) is 3.26. The van der Waals surface area contributed by atoms with Crippen LogP contribution in [-0.2, 0) is 9.59 Å². The highest BCUT2D eigenvalue weighted by Crippen LogP contribution is 2.42. The van der Waals surface area contributed by atoms with Crippen LogP contribution in [0.15, 0.2) is 65.5 Å². The Morgan fingerprint density at radius 2 is 1.83 bits per heavy atom. The van der Waals surface area contributed by atoms with Gasteiger partial charge in [-0.25, -0.2) is 4.98 Å². The Morgan fingerprint density at radius 3 is 2.45 bits per heavy atom. The third-order valence-corrected chi connectivity index (χ3v) is 5.25. The van der Waals surface area contributed by atoms with Crippen molar-refractivity contribution in [2.24, 2.45) is 0 Å². The van der Waals surface area contributed by atoms with Gasteiger partial charge in [0, 0.05) is 23.0 Å². The molecular weight excluding hydrogens is 415 g/mol. The van der Waals surface area contributed by atoms with Gasteiger partial charge in [-0.2, -0.15) is 0 Å². The number of amides is 1. The van der Waals surface area contributed by atoms with Crippen LogP contribution in [0.4, 0.5) is 5.82 Å². The van der Waals surface area contributed by atoms with E-state index in [1.807, 2.05) is 0 Å². The van der Waals surface area contributed by atoms with Gasteiger partial charge in [-0.05, 0) is 35.9 Å². The van der Waals surface area contributed by atoms with E-state index in [-0.39, 0.29) is 22.0 Å². The molecule has 1 aliphatic rings. The fraction of sp³-hybridized carbons (Fsp3) is 0.0500. The molecule has 9 heteroatoms. The average Bonchev–Trinajstić information content (AvgIpc) is 2.75. The standard InChI is InChI=1S/C20H12Cl2N4O3/c21-13-3-5-14(6-4-13)25-10-24-19-16(20(25)29)17(22)15(9-27)18(26(19)11-28)12-2-1-7-23-8-12/h1-11,18H. The van der Waals surface area contributed by atoms with Gasteiger partial charge >= 0.3 is 0 Å². The van der Waals surface area contributed by atoms with Crippen molar-refractivity contribution in [1.82, 2.24) is 14.5 Å². The molecule has 1 amide bonds. The number of anilines is 1. The summed E-state index contributed by atoms with van der Waals surface area (Å²) in [6.07, 6.45) is 5.45. The number of hydrogen-bond acceptors (Lipinski definition) is 5. The number of pyridine rings is 1. The van der Waals surface area contributed by atoms with Crippen molar-refractivity contribution in [3.63, 3.8) is 0 Å². The van der Waals surface area contributed by atoms with Crippen LogP contribution in [0.2, 0.25) is 5.02 Å². The zero-order chi connectivity index (χ0) is 20.5. The number of rotatable bonds is 4. The SMILES string of the molecule is O=CC1=C(Cl)c2c(ncn(-c3ccc(Cl)cc3)c2=O)N(C=O)C1c1cccnc1. The van der Waals surface area contributed by atoms with Crippen LogP contribution < -0.4 is 10.5 Å². The number of nitrogens with zero attached hydrogens (tertiary/aromatic N) is 4. The van der Waals surface area contributed by atoms with Crippen molar-refractivity contribution >= 4 is 46.7 Å². The van der Waals surface area contributed by atoms with Gasteiger partial charge in [0.15, 0.2) is 5.82 Å². The van der Waals surface area contributed by atoms with Gasteiger partial charge in [-0.15, -0.1) is 0 Å². The van der Waals surface area contributed by atoms with E-state index in [1.54, 1.807) is 42.6 Å². The first-order valence-corrected chi connectivity index (χ1v) is 9.18. The average molecular weight is 427 g/mol. The molecule has 1 aromatic carbocycles. The van der Waals surface area contributed by atoms with Crippen LogP contribution in [0.25, 0.3) is 10.7 Å². The van der Waals surface area contributed by atoms with Gasteiger partial charge < -0.3 is 0 Å². The molecule has 1 atom stereocenters. The van der Waals surface area contributed by atoms with E-state index in [0.717, 1.165) is 0 Å². The molecule has 7 nitrogen and oxygen atoms in total. The number of aromatic nitrogens is 3. The molecule has 144 valence electrons. The van der Waals surface area contributed by atoms with Crippen molar-refractivity contribution in [2.75, 3.05) is 4.90 Å². The fourth-order valence-corrected chi connectivity index (χ4v) is 3.70. The number of benzene rings is 1. The molecule has 0 bridgehead atoms. The number of halogens is 2. The second-order valence-electron chi connectivity index (χ2n) is 6.18. The molecule has 0 fully saturated rings. The second-order valence-corrected chi connectivity index (χ2v) is 7.00. The Hall–Kier alpha value is -3.29. The van der Waals surface area contributed by atoms with E-state index in [1.165, 1.54) is 22.0 Å². The van der Waals surface area contributed by atoms with Crippen molar-refractivity contribution in [3.8, 4) is 5.69 Å². The highest BCUT2D eigenvalue weighted by molar-refractivity contribution is 6.51. The number of hydrogen-bond donors (Lipinski definition) is 0. The summed E-state index contributed by atoms with van der Waals surface area (Å²) in [6.45, 7) is 0. The molecule has 0 N–H and O–H groups in total. The Bertz CT molecular complexity index is 1190. The Labute approximate surface area is 174 Å². The lowest BCUT2D eigenvalue weighted by atomic mass is 9.94. The van der Waals surface area contributed by atoms with Gasteiger partial charge in [0.25, 0.3) is 5.56 Å². The zero-order valence-corrected chi connectivity index (χ0v) is 16.2. The number of aldehydes is 1. The second kappa shape index (κ2) is 7.62. The summed E-state index contributed by atoms with van der Waals surface area (Å²) in [5.74, 6) is 0.0691. The lowest BCUT2D eigenvalue weighted by Gasteiger charge is -2.33. The molecule has 0 saturated heterocycles. The first kappa shape index (κ1) is 19.0. The summed E-state index contributed by atoms with van der Waals surface area (Å²) in [6, 6.07) is 9.11. The van der Waals surface area contributed by atoms with Crippen LogP contribution in [0.5, 0.6) is 0 Å². The third kappa shape index (κ3) is 3.14. The van der Waals surface area contributed by atoms with Crippen LogP contribution >= 0.6 is 23.2 Å². The smallest absolute Gasteiger partial charge is 0.268 e. The van der Waals surface area contributed by atoms with E-state index in [4.69, 9.17) is 23.2 Å². The predicted molar refractivity (Wildman–Crippen MR) is 109 cm³/mol. The van der Waals surface area contributed by atoms with Crippen molar-refractivity contribution in [1.29, 1.82) is 0 Å². The largest absolute Gasteiger partial charge is 0.298 e. The summed E-state index contributed by atoms with van der Waals surface area (Å²) >= 11 is 12.4. The lowest BCUT2D eigenvalue weighted by molar-refractivity contribution is -0.108. The Morgan fingerprint density at radius 1 is 1.07 bits per heavy atom. The number of carbonyl (C=O) groups excluding carboxylic acids is 2. The van der Waals surface area contributed by atoms with Gasteiger partial charge in [0.05, 0.1) is 16.8 Å². The maximum Gasteiger partial charge on any atom is 0.268 e. The molecule has 4 rings (SSSR count). The monoisotopic (exact) mass is 426 g/mol. The number of fused-ring (bicyclic) bond motifs is 1. The summed E-state index contributed by atoms with van der Waals surface area (Å²) in [4.78, 5) is 46.5. The van der Waals surface area contributed by atoms with Crippen LogP contribution in [-0.4, -0.2) is 27.2 Å². The van der Waals surface area contributed by atoms with Gasteiger partial charge in [-0.1, -0.05) is 29.3 Å². The van der Waals surface area contributed by atoms with E-state index < -0.39 is 11.6 Å². The van der Waals surface area contributed by atoms with E-state index in [2.05, 4.69) is 9.97 Å². The molecule has 2 aromatic heterocycles. The molecular formula is C20H12Cl2N4O3. The van der Waals surface area contributed by atoms with Crippen LogP contribution in [0.1, 0.15) is 17.2 Å². The van der Waals surface area contributed by atoms with E-state index in [9.17, 15) is 14.4 Å². The predicted octanol–water partition coefficient (Wildman–Crippen LogP) is 3.15. The minimum Gasteiger partial charge on any atom is -0.298 e. The van der Waals surface area contributed by atoms with Gasteiger partial charge in [0.2, 0.25) is 6.41 Å². The molecule has 0 radical (unpaired) electrons. The third-order valence-electron chi connectivity index (χ3n) is 4.59. The molecule has 0 aliphatic carbocycles. The molecule has 1 aliphatic heterocycles. The Balaban J connectivity index is 1.97. The first-order valence-electron chi connectivity index (χ1n) is 8.43. The molecule has 3 aromatic rings. The minimum absolute atomic E-state index is 0.0292. The Kier molecular flexibility index (Phi) is 5.00. The number of carbonyl (C=O) groups is 2. The van der Waals surface area contributed by atoms with Gasteiger partial charge in [0.1, 0.15) is 18.2 Å². The first-order chi connectivity index (χ1) is 14.1. The van der Waals surface area contributed by atoms with Crippen LogP contribution in [0, 0.1) is 0 Å². The normalized spacial score (nSPS) is 15.8. The molecule has 1 unspecified atom stereocenters. The molecule has 0 spiro atoms. The summed E-state index contributed by atoms with van der Waals surface area (Å²) < 4.78 is 1.27. The minimum atomic E-state index is -0.836. The van der Waals surface area contributed by atoms with Crippen molar-refractivity contribution in [2.45, 2.75) is 6.04 Å². The topological polar surface area (TPSA) is 85.2 Å². The van der Waals surface area contributed by atoms with E-state index >= 15 is 0 Å². The highest BCUT2D eigenvalue weighted by atomic mass is 35.5. The van der Waals surface area contributed by atoms with Crippen molar-refractivity contribution < 1.29 is 9.59 Å². The van der Waals surface area contributed by atoms with Crippen molar-refractivity contribution in [3.05, 3.63) is 87.2 Å². The lowest BCUT2D eigenvalue weighted by Crippen LogP contribution is -2.37. The quantitative estimate of drug-likeness (QED) is 0.598. The summed E-state index contributed by atoms with van der Waals surface area (Å²) in [5, 5.41) is 0.461. The maximum absolute atomic E-state index is 13.2. The molecule has 0 saturated carbocycles. The highest BCUT2D eigenvalue weighted by Gasteiger charge is 2.37. The van der Waals surface area contributed by atoms with Crippen LogP contribution in [0.3, 0.4) is 0 Å². The molecule has 3 heterocycles. The molecule has 29 heavy (non-hydrogen) atoms. The van der Waals surface area contributed by atoms with Gasteiger partial charge in [-0.3, -0.25) is 28.8 Å².